The Kier molecular flexibility index (Phi) is 4.34. The zero-order valence-electron chi connectivity index (χ0n) is 13.0. The standard InChI is InChI=1S/C17H18N4O2/c1-11-5-3-4-6-14(11)16-20-17(23-21-16)13-7-8-15(19-10-13)18-9-12(2)22/h3-8,10,12,22H,9H2,1-2H3,(H,18,19). The maximum atomic E-state index is 9.26. The van der Waals surface area contributed by atoms with Gasteiger partial charge in [0, 0.05) is 18.3 Å². The van der Waals surface area contributed by atoms with E-state index in [1.54, 1.807) is 13.1 Å². The molecule has 1 unspecified atom stereocenters. The Balaban J connectivity index is 1.79. The molecule has 0 aliphatic heterocycles. The molecule has 0 amide bonds. The average molecular weight is 310 g/mol. The number of aliphatic hydroxyl groups is 1. The molecule has 0 bridgehead atoms. The molecule has 0 aliphatic rings. The molecule has 6 nitrogen and oxygen atoms in total. The molecule has 3 aromatic rings. The van der Waals surface area contributed by atoms with Crippen molar-refractivity contribution in [1.82, 2.24) is 15.1 Å². The molecule has 1 atom stereocenters. The van der Waals surface area contributed by atoms with Gasteiger partial charge in [-0.2, -0.15) is 4.98 Å². The van der Waals surface area contributed by atoms with Crippen molar-refractivity contribution in [3.8, 4) is 22.8 Å². The SMILES string of the molecule is Cc1ccccc1-c1noc(-c2ccc(NCC(C)O)nc2)n1. The first-order valence-electron chi connectivity index (χ1n) is 7.41. The van der Waals surface area contributed by atoms with Gasteiger partial charge in [0.05, 0.1) is 11.7 Å². The lowest BCUT2D eigenvalue weighted by atomic mass is 10.1. The molecule has 0 saturated heterocycles. The number of pyridine rings is 1. The Morgan fingerprint density at radius 2 is 2.04 bits per heavy atom. The van der Waals surface area contributed by atoms with Crippen molar-refractivity contribution in [3.63, 3.8) is 0 Å². The molecule has 2 N–H and O–H groups in total. The molecular weight excluding hydrogens is 292 g/mol. The van der Waals surface area contributed by atoms with Crippen molar-refractivity contribution in [2.24, 2.45) is 0 Å². The summed E-state index contributed by atoms with van der Waals surface area (Å²) in [7, 11) is 0. The Bertz CT molecular complexity index is 781. The molecule has 118 valence electrons. The van der Waals surface area contributed by atoms with Crippen molar-refractivity contribution < 1.29 is 9.63 Å². The number of hydrogen-bond donors (Lipinski definition) is 2. The highest BCUT2D eigenvalue weighted by Crippen LogP contribution is 2.24. The summed E-state index contributed by atoms with van der Waals surface area (Å²) in [5.41, 5.74) is 2.79. The van der Waals surface area contributed by atoms with E-state index in [2.05, 4.69) is 20.4 Å². The molecule has 0 fully saturated rings. The van der Waals surface area contributed by atoms with Crippen LogP contribution in [0.2, 0.25) is 0 Å². The van der Waals surface area contributed by atoms with Crippen LogP contribution < -0.4 is 5.32 Å². The van der Waals surface area contributed by atoms with Gasteiger partial charge in [-0.05, 0) is 31.5 Å². The molecule has 0 spiro atoms. The van der Waals surface area contributed by atoms with Crippen LogP contribution in [0.1, 0.15) is 12.5 Å². The summed E-state index contributed by atoms with van der Waals surface area (Å²) in [5.74, 6) is 1.68. The summed E-state index contributed by atoms with van der Waals surface area (Å²) in [5, 5.41) is 16.3. The molecule has 6 heteroatoms. The van der Waals surface area contributed by atoms with E-state index in [0.29, 0.717) is 24.1 Å². The highest BCUT2D eigenvalue weighted by Gasteiger charge is 2.12. The van der Waals surface area contributed by atoms with E-state index in [4.69, 9.17) is 4.52 Å². The molecule has 0 aliphatic carbocycles. The van der Waals surface area contributed by atoms with Gasteiger partial charge in [0.15, 0.2) is 0 Å². The number of aliphatic hydroxyl groups excluding tert-OH is 1. The minimum Gasteiger partial charge on any atom is -0.392 e. The van der Waals surface area contributed by atoms with E-state index >= 15 is 0 Å². The van der Waals surface area contributed by atoms with Crippen LogP contribution in [0.25, 0.3) is 22.8 Å². The molecule has 3 rings (SSSR count). The van der Waals surface area contributed by atoms with Crippen LogP contribution in [0.15, 0.2) is 47.1 Å². The molecule has 0 radical (unpaired) electrons. The first-order valence-corrected chi connectivity index (χ1v) is 7.41. The van der Waals surface area contributed by atoms with Crippen molar-refractivity contribution in [3.05, 3.63) is 48.2 Å². The second kappa shape index (κ2) is 6.58. The highest BCUT2D eigenvalue weighted by atomic mass is 16.5. The van der Waals surface area contributed by atoms with E-state index in [1.165, 1.54) is 0 Å². The quantitative estimate of drug-likeness (QED) is 0.754. The third-order valence-electron chi connectivity index (χ3n) is 3.40. The fraction of sp³-hybridized carbons (Fsp3) is 0.235. The number of rotatable bonds is 5. The van der Waals surface area contributed by atoms with Gasteiger partial charge in [-0.1, -0.05) is 29.4 Å². The predicted molar refractivity (Wildman–Crippen MR) is 87.9 cm³/mol. The topological polar surface area (TPSA) is 84.1 Å². The van der Waals surface area contributed by atoms with Crippen molar-refractivity contribution in [2.75, 3.05) is 11.9 Å². The first-order chi connectivity index (χ1) is 11.1. The normalized spacial score (nSPS) is 12.1. The summed E-state index contributed by atoms with van der Waals surface area (Å²) in [6.07, 6.45) is 1.24. The average Bonchev–Trinajstić information content (AvgIpc) is 3.03. The zero-order chi connectivity index (χ0) is 16.2. The second-order valence-corrected chi connectivity index (χ2v) is 5.40. The van der Waals surface area contributed by atoms with Crippen LogP contribution in [0.3, 0.4) is 0 Å². The van der Waals surface area contributed by atoms with Crippen molar-refractivity contribution >= 4 is 5.82 Å². The number of aromatic nitrogens is 3. The Morgan fingerprint density at radius 3 is 2.74 bits per heavy atom. The fourth-order valence-electron chi connectivity index (χ4n) is 2.15. The first kappa shape index (κ1) is 15.2. The number of benzene rings is 1. The number of nitrogens with one attached hydrogen (secondary N) is 1. The monoisotopic (exact) mass is 310 g/mol. The van der Waals surface area contributed by atoms with Gasteiger partial charge in [-0.3, -0.25) is 0 Å². The Labute approximate surface area is 134 Å². The third-order valence-corrected chi connectivity index (χ3v) is 3.40. The fourth-order valence-corrected chi connectivity index (χ4v) is 2.15. The summed E-state index contributed by atoms with van der Waals surface area (Å²) in [6.45, 7) is 4.17. The summed E-state index contributed by atoms with van der Waals surface area (Å²) >= 11 is 0. The van der Waals surface area contributed by atoms with Crippen molar-refractivity contribution in [2.45, 2.75) is 20.0 Å². The van der Waals surface area contributed by atoms with E-state index in [0.717, 1.165) is 16.7 Å². The zero-order valence-corrected chi connectivity index (χ0v) is 13.0. The minimum atomic E-state index is -0.427. The number of hydrogen-bond acceptors (Lipinski definition) is 6. The van der Waals surface area contributed by atoms with Gasteiger partial charge < -0.3 is 14.9 Å². The van der Waals surface area contributed by atoms with Crippen LogP contribution in [0.4, 0.5) is 5.82 Å². The van der Waals surface area contributed by atoms with Gasteiger partial charge in [0.25, 0.3) is 5.89 Å². The van der Waals surface area contributed by atoms with Crippen molar-refractivity contribution in [1.29, 1.82) is 0 Å². The lowest BCUT2D eigenvalue weighted by Gasteiger charge is -2.07. The Morgan fingerprint density at radius 1 is 1.22 bits per heavy atom. The molecular formula is C17H18N4O2. The maximum Gasteiger partial charge on any atom is 0.259 e. The van der Waals surface area contributed by atoms with E-state index < -0.39 is 6.10 Å². The van der Waals surface area contributed by atoms with Gasteiger partial charge in [0.1, 0.15) is 5.82 Å². The minimum absolute atomic E-state index is 0.427. The number of nitrogens with zero attached hydrogens (tertiary/aromatic N) is 3. The highest BCUT2D eigenvalue weighted by molar-refractivity contribution is 5.62. The van der Waals surface area contributed by atoms with Gasteiger partial charge in [0.2, 0.25) is 5.82 Å². The smallest absolute Gasteiger partial charge is 0.259 e. The summed E-state index contributed by atoms with van der Waals surface area (Å²) in [4.78, 5) is 8.71. The molecule has 0 saturated carbocycles. The summed E-state index contributed by atoms with van der Waals surface area (Å²) < 4.78 is 5.34. The van der Waals surface area contributed by atoms with E-state index in [9.17, 15) is 5.11 Å². The molecule has 2 aromatic heterocycles. The predicted octanol–water partition coefficient (Wildman–Crippen LogP) is 2.90. The van der Waals surface area contributed by atoms with E-state index in [1.807, 2.05) is 43.3 Å². The second-order valence-electron chi connectivity index (χ2n) is 5.40. The number of anilines is 1. The lowest BCUT2D eigenvalue weighted by Crippen LogP contribution is -2.15. The largest absolute Gasteiger partial charge is 0.392 e. The lowest BCUT2D eigenvalue weighted by molar-refractivity contribution is 0.208. The summed E-state index contributed by atoms with van der Waals surface area (Å²) in [6, 6.07) is 11.6. The molecule has 23 heavy (non-hydrogen) atoms. The Hall–Kier alpha value is -2.73. The van der Waals surface area contributed by atoms with Crippen LogP contribution in [-0.4, -0.2) is 32.9 Å². The van der Waals surface area contributed by atoms with E-state index in [-0.39, 0.29) is 0 Å². The van der Waals surface area contributed by atoms with Gasteiger partial charge in [-0.15, -0.1) is 0 Å². The molecule has 1 aromatic carbocycles. The van der Waals surface area contributed by atoms with Crippen LogP contribution in [0, 0.1) is 6.92 Å². The maximum absolute atomic E-state index is 9.26. The molecule has 2 heterocycles. The van der Waals surface area contributed by atoms with Crippen LogP contribution in [0.5, 0.6) is 0 Å². The van der Waals surface area contributed by atoms with Crippen LogP contribution in [-0.2, 0) is 0 Å². The third kappa shape index (κ3) is 3.54. The van der Waals surface area contributed by atoms with Gasteiger partial charge in [-0.25, -0.2) is 4.98 Å². The number of aryl methyl sites for hydroxylation is 1. The van der Waals surface area contributed by atoms with Gasteiger partial charge >= 0.3 is 0 Å². The van der Waals surface area contributed by atoms with Crippen LogP contribution >= 0.6 is 0 Å².